The maximum absolute atomic E-state index is 12.6. The van der Waals surface area contributed by atoms with E-state index in [-0.39, 0.29) is 13.1 Å². The Morgan fingerprint density at radius 2 is 1.90 bits per heavy atom. The minimum Gasteiger partial charge on any atom is -0.333 e. The summed E-state index contributed by atoms with van der Waals surface area (Å²) in [5.41, 5.74) is 6.25. The molecule has 0 radical (unpaired) electrons. The van der Waals surface area contributed by atoms with Gasteiger partial charge in [-0.05, 0) is 12.0 Å². The van der Waals surface area contributed by atoms with Crippen LogP contribution in [-0.2, 0) is 4.79 Å². The van der Waals surface area contributed by atoms with Crippen LogP contribution in [0, 0.1) is 0 Å². The number of nitrogens with two attached hydrogens (primary N) is 1. The monoisotopic (exact) mass is 302 g/mol. The number of rotatable bonds is 7. The number of carbonyl (C=O) groups excluding carboxylic acids is 1. The van der Waals surface area contributed by atoms with Gasteiger partial charge in [-0.3, -0.25) is 4.79 Å². The second-order valence-corrected chi connectivity index (χ2v) is 4.93. The topological polar surface area (TPSA) is 46.3 Å². The molecule has 6 heteroatoms. The molecular formula is C15H21F3N2O. The van der Waals surface area contributed by atoms with Crippen molar-refractivity contribution in [3.05, 3.63) is 35.9 Å². The molecule has 2 N–H and O–H groups in total. The number of alkyl halides is 3. The van der Waals surface area contributed by atoms with E-state index in [2.05, 4.69) is 0 Å². The average Bonchev–Trinajstić information content (AvgIpc) is 2.44. The predicted molar refractivity (Wildman–Crippen MR) is 75.8 cm³/mol. The summed E-state index contributed by atoms with van der Waals surface area (Å²) in [4.78, 5) is 13.3. The van der Waals surface area contributed by atoms with Gasteiger partial charge in [0.25, 0.3) is 0 Å². The molecule has 1 rings (SSSR count). The maximum Gasteiger partial charge on any atom is 0.406 e. The summed E-state index contributed by atoms with van der Waals surface area (Å²) in [5, 5.41) is 0. The number of unbranched alkanes of at least 4 members (excludes halogenated alkanes) is 1. The van der Waals surface area contributed by atoms with Crippen molar-refractivity contribution in [1.29, 1.82) is 0 Å². The lowest BCUT2D eigenvalue weighted by atomic mass is 9.97. The molecule has 0 heterocycles. The van der Waals surface area contributed by atoms with Crippen LogP contribution in [0.5, 0.6) is 0 Å². The molecule has 1 aromatic carbocycles. The molecule has 0 saturated carbocycles. The summed E-state index contributed by atoms with van der Waals surface area (Å²) < 4.78 is 37.9. The highest BCUT2D eigenvalue weighted by molar-refractivity contribution is 5.84. The Labute approximate surface area is 122 Å². The lowest BCUT2D eigenvalue weighted by Gasteiger charge is -2.28. The first kappa shape index (κ1) is 17.5. The molecule has 3 nitrogen and oxygen atoms in total. The molecule has 0 aliphatic heterocycles. The van der Waals surface area contributed by atoms with Crippen LogP contribution in [0.15, 0.2) is 30.3 Å². The van der Waals surface area contributed by atoms with E-state index in [1.165, 1.54) is 0 Å². The van der Waals surface area contributed by atoms with Crippen LogP contribution in [0.2, 0.25) is 0 Å². The summed E-state index contributed by atoms with van der Waals surface area (Å²) in [7, 11) is 0. The lowest BCUT2D eigenvalue weighted by molar-refractivity contribution is -0.162. The number of nitrogens with zero attached hydrogens (tertiary/aromatic N) is 1. The molecule has 21 heavy (non-hydrogen) atoms. The standard InChI is InChI=1S/C15H21F3N2O/c1-2-3-9-20(11-15(16,17)18)14(21)13(10-19)12-7-5-4-6-8-12/h4-8,13H,2-3,9-11,19H2,1H3. The number of benzene rings is 1. The van der Waals surface area contributed by atoms with Gasteiger partial charge in [0.15, 0.2) is 0 Å². The van der Waals surface area contributed by atoms with Crippen molar-refractivity contribution in [2.45, 2.75) is 31.9 Å². The number of carbonyl (C=O) groups is 1. The third kappa shape index (κ3) is 5.75. The maximum atomic E-state index is 12.6. The zero-order chi connectivity index (χ0) is 15.9. The van der Waals surface area contributed by atoms with Crippen molar-refractivity contribution in [3.63, 3.8) is 0 Å². The zero-order valence-corrected chi connectivity index (χ0v) is 12.1. The first-order valence-corrected chi connectivity index (χ1v) is 6.99. The number of amides is 1. The quantitative estimate of drug-likeness (QED) is 0.842. The highest BCUT2D eigenvalue weighted by Gasteiger charge is 2.35. The molecule has 0 fully saturated rings. The number of halogens is 3. The molecular weight excluding hydrogens is 281 g/mol. The third-order valence-corrected chi connectivity index (χ3v) is 3.20. The highest BCUT2D eigenvalue weighted by atomic mass is 19.4. The molecule has 0 aromatic heterocycles. The van der Waals surface area contributed by atoms with Crippen molar-refractivity contribution in [2.75, 3.05) is 19.6 Å². The Kier molecular flexibility index (Phi) is 6.68. The summed E-state index contributed by atoms with van der Waals surface area (Å²) >= 11 is 0. The van der Waals surface area contributed by atoms with E-state index < -0.39 is 24.5 Å². The molecule has 1 unspecified atom stereocenters. The molecule has 0 bridgehead atoms. The average molecular weight is 302 g/mol. The Bertz CT molecular complexity index is 434. The molecule has 0 saturated heterocycles. The van der Waals surface area contributed by atoms with Gasteiger partial charge in [-0.2, -0.15) is 13.2 Å². The van der Waals surface area contributed by atoms with Gasteiger partial charge < -0.3 is 10.6 Å². The van der Waals surface area contributed by atoms with Gasteiger partial charge in [0.1, 0.15) is 6.54 Å². The molecule has 0 aliphatic carbocycles. The van der Waals surface area contributed by atoms with Gasteiger partial charge in [-0.25, -0.2) is 0 Å². The van der Waals surface area contributed by atoms with Crippen molar-refractivity contribution in [2.24, 2.45) is 5.73 Å². The van der Waals surface area contributed by atoms with E-state index in [9.17, 15) is 18.0 Å². The van der Waals surface area contributed by atoms with E-state index in [4.69, 9.17) is 5.73 Å². The van der Waals surface area contributed by atoms with E-state index in [0.29, 0.717) is 12.0 Å². The van der Waals surface area contributed by atoms with Gasteiger partial charge in [0, 0.05) is 13.1 Å². The summed E-state index contributed by atoms with van der Waals surface area (Å²) in [5.74, 6) is -1.29. The fourth-order valence-corrected chi connectivity index (χ4v) is 2.12. The predicted octanol–water partition coefficient (Wildman–Crippen LogP) is 2.92. The Morgan fingerprint density at radius 1 is 1.29 bits per heavy atom. The van der Waals surface area contributed by atoms with Crippen molar-refractivity contribution >= 4 is 5.91 Å². The van der Waals surface area contributed by atoms with Crippen LogP contribution in [0.4, 0.5) is 13.2 Å². The fraction of sp³-hybridized carbons (Fsp3) is 0.533. The van der Waals surface area contributed by atoms with Gasteiger partial charge >= 0.3 is 6.18 Å². The van der Waals surface area contributed by atoms with Crippen molar-refractivity contribution in [3.8, 4) is 0 Å². The van der Waals surface area contributed by atoms with Crippen LogP contribution in [0.1, 0.15) is 31.2 Å². The molecule has 1 atom stereocenters. The summed E-state index contributed by atoms with van der Waals surface area (Å²) in [6, 6.07) is 8.69. The number of hydrogen-bond donors (Lipinski definition) is 1. The second-order valence-electron chi connectivity index (χ2n) is 4.93. The van der Waals surface area contributed by atoms with Crippen LogP contribution >= 0.6 is 0 Å². The van der Waals surface area contributed by atoms with Crippen LogP contribution < -0.4 is 5.73 Å². The smallest absolute Gasteiger partial charge is 0.333 e. The summed E-state index contributed by atoms with van der Waals surface area (Å²) in [6.45, 7) is 0.727. The molecule has 0 aliphatic rings. The minimum absolute atomic E-state index is 0.0106. The van der Waals surface area contributed by atoms with Gasteiger partial charge in [0.05, 0.1) is 5.92 Å². The third-order valence-electron chi connectivity index (χ3n) is 3.20. The second kappa shape index (κ2) is 8.02. The largest absolute Gasteiger partial charge is 0.406 e. The van der Waals surface area contributed by atoms with E-state index in [0.717, 1.165) is 11.3 Å². The molecule has 118 valence electrons. The molecule has 1 aromatic rings. The van der Waals surface area contributed by atoms with E-state index in [1.807, 2.05) is 6.92 Å². The Hall–Kier alpha value is -1.56. The molecule has 0 spiro atoms. The van der Waals surface area contributed by atoms with E-state index >= 15 is 0 Å². The Balaban J connectivity index is 2.91. The first-order chi connectivity index (χ1) is 9.89. The van der Waals surface area contributed by atoms with E-state index in [1.54, 1.807) is 30.3 Å². The van der Waals surface area contributed by atoms with Crippen LogP contribution in [-0.4, -0.2) is 36.6 Å². The van der Waals surface area contributed by atoms with Crippen LogP contribution in [0.3, 0.4) is 0 Å². The van der Waals surface area contributed by atoms with Crippen molar-refractivity contribution in [1.82, 2.24) is 4.90 Å². The van der Waals surface area contributed by atoms with Gasteiger partial charge in [-0.1, -0.05) is 43.7 Å². The minimum atomic E-state index is -4.40. The fourth-order valence-electron chi connectivity index (χ4n) is 2.12. The SMILES string of the molecule is CCCCN(CC(F)(F)F)C(=O)C(CN)c1ccccc1. The van der Waals surface area contributed by atoms with Crippen molar-refractivity contribution < 1.29 is 18.0 Å². The highest BCUT2D eigenvalue weighted by Crippen LogP contribution is 2.22. The van der Waals surface area contributed by atoms with Crippen LogP contribution in [0.25, 0.3) is 0 Å². The molecule has 1 amide bonds. The summed E-state index contributed by atoms with van der Waals surface area (Å²) in [6.07, 6.45) is -3.15. The Morgan fingerprint density at radius 3 is 2.38 bits per heavy atom. The zero-order valence-electron chi connectivity index (χ0n) is 12.1. The first-order valence-electron chi connectivity index (χ1n) is 6.99. The normalized spacial score (nSPS) is 13.0. The number of hydrogen-bond acceptors (Lipinski definition) is 2. The van der Waals surface area contributed by atoms with Gasteiger partial charge in [0.2, 0.25) is 5.91 Å². The van der Waals surface area contributed by atoms with Gasteiger partial charge in [-0.15, -0.1) is 0 Å². The lowest BCUT2D eigenvalue weighted by Crippen LogP contribution is -2.43.